The minimum Gasteiger partial charge on any atom is -0.497 e. The van der Waals surface area contributed by atoms with Crippen molar-refractivity contribution in [1.82, 2.24) is 19.5 Å². The lowest BCUT2D eigenvalue weighted by atomic mass is 10.1. The Hall–Kier alpha value is -4.56. The zero-order valence-electron chi connectivity index (χ0n) is 22.6. The molecule has 0 aliphatic carbocycles. The van der Waals surface area contributed by atoms with Crippen molar-refractivity contribution in [3.8, 4) is 28.5 Å². The average molecular weight is 536 g/mol. The summed E-state index contributed by atoms with van der Waals surface area (Å²) < 4.78 is 19.2. The third-order valence-corrected chi connectivity index (χ3v) is 7.01. The molecule has 3 heterocycles. The van der Waals surface area contributed by atoms with E-state index in [-0.39, 0.29) is 0 Å². The second-order valence-electron chi connectivity index (χ2n) is 9.83. The molecule has 1 N–H and O–H groups in total. The van der Waals surface area contributed by atoms with Crippen molar-refractivity contribution < 1.29 is 14.2 Å². The Morgan fingerprint density at radius 1 is 0.800 bits per heavy atom. The van der Waals surface area contributed by atoms with Crippen LogP contribution in [0.2, 0.25) is 0 Å². The molecule has 204 valence electrons. The van der Waals surface area contributed by atoms with Crippen molar-refractivity contribution in [2.24, 2.45) is 0 Å². The summed E-state index contributed by atoms with van der Waals surface area (Å²) in [7, 11) is 1.66. The predicted octanol–water partition coefficient (Wildman–Crippen LogP) is 6.20. The summed E-state index contributed by atoms with van der Waals surface area (Å²) in [4.78, 5) is 7.14. The van der Waals surface area contributed by atoms with Gasteiger partial charge in [0.1, 0.15) is 30.5 Å². The van der Waals surface area contributed by atoms with Crippen LogP contribution in [-0.4, -0.2) is 52.8 Å². The highest BCUT2D eigenvalue weighted by atomic mass is 16.5. The summed E-state index contributed by atoms with van der Waals surface area (Å²) >= 11 is 0. The van der Waals surface area contributed by atoms with Gasteiger partial charge in [0.2, 0.25) is 5.95 Å². The first-order chi connectivity index (χ1) is 19.7. The summed E-state index contributed by atoms with van der Waals surface area (Å²) in [5, 5.41) is 8.06. The molecule has 3 aromatic carbocycles. The molecule has 0 atom stereocenters. The van der Waals surface area contributed by atoms with E-state index in [1.807, 2.05) is 95.5 Å². The molecule has 40 heavy (non-hydrogen) atoms. The molecule has 6 rings (SSSR count). The molecule has 5 aromatic rings. The van der Waals surface area contributed by atoms with E-state index >= 15 is 0 Å². The normalized spacial score (nSPS) is 13.4. The largest absolute Gasteiger partial charge is 0.497 e. The van der Waals surface area contributed by atoms with Gasteiger partial charge in [0.05, 0.1) is 12.8 Å². The van der Waals surface area contributed by atoms with E-state index < -0.39 is 0 Å². The number of rotatable bonds is 11. The maximum absolute atomic E-state index is 6.08. The van der Waals surface area contributed by atoms with Crippen LogP contribution in [0.3, 0.4) is 0 Å². The zero-order valence-corrected chi connectivity index (χ0v) is 22.6. The standard InChI is InChI=1S/C32H33N5O3/c1-38-28-9-4-7-24(21-28)23-40-29-10-5-8-25(22-29)30-11-6-12-31-34-32(35-37(30)31)33-26-13-15-27(16-14-26)39-20-19-36-17-2-3-18-36/h4-16,21-22H,2-3,17-20,23H2,1H3,(H,33,35). The van der Waals surface area contributed by atoms with Crippen molar-refractivity contribution >= 4 is 17.3 Å². The smallest absolute Gasteiger partial charge is 0.247 e. The Bertz CT molecular complexity index is 1560. The van der Waals surface area contributed by atoms with Crippen LogP contribution in [0.4, 0.5) is 11.6 Å². The first-order valence-electron chi connectivity index (χ1n) is 13.7. The van der Waals surface area contributed by atoms with Crippen molar-refractivity contribution in [1.29, 1.82) is 0 Å². The van der Waals surface area contributed by atoms with Gasteiger partial charge in [-0.2, -0.15) is 4.98 Å². The SMILES string of the molecule is COc1cccc(COc2cccc(-c3cccc4nc(Nc5ccc(OCCN6CCCC6)cc5)nn34)c2)c1. The summed E-state index contributed by atoms with van der Waals surface area (Å²) in [5.41, 5.74) is 4.61. The molecule has 8 nitrogen and oxygen atoms in total. The molecule has 1 saturated heterocycles. The van der Waals surface area contributed by atoms with Gasteiger partial charge < -0.3 is 19.5 Å². The van der Waals surface area contributed by atoms with Crippen LogP contribution in [-0.2, 0) is 6.61 Å². The highest BCUT2D eigenvalue weighted by Gasteiger charge is 2.12. The van der Waals surface area contributed by atoms with E-state index in [1.165, 1.54) is 25.9 Å². The summed E-state index contributed by atoms with van der Waals surface area (Å²) in [6, 6.07) is 29.8. The van der Waals surface area contributed by atoms with Crippen LogP contribution in [0.25, 0.3) is 16.9 Å². The van der Waals surface area contributed by atoms with Crippen LogP contribution in [0.15, 0.2) is 91.0 Å². The molecular weight excluding hydrogens is 502 g/mol. The number of hydrogen-bond acceptors (Lipinski definition) is 7. The summed E-state index contributed by atoms with van der Waals surface area (Å²) in [6.07, 6.45) is 2.59. The predicted molar refractivity (Wildman–Crippen MR) is 157 cm³/mol. The number of ether oxygens (including phenoxy) is 3. The number of benzene rings is 3. The van der Waals surface area contributed by atoms with Crippen molar-refractivity contribution in [3.05, 3.63) is 96.6 Å². The summed E-state index contributed by atoms with van der Waals surface area (Å²) in [5.74, 6) is 2.98. The van der Waals surface area contributed by atoms with Crippen molar-refractivity contribution in [2.75, 3.05) is 38.7 Å². The molecule has 1 aliphatic rings. The number of fused-ring (bicyclic) bond motifs is 1. The number of likely N-dealkylation sites (tertiary alicyclic amines) is 1. The molecule has 0 unspecified atom stereocenters. The van der Waals surface area contributed by atoms with Crippen molar-refractivity contribution in [3.63, 3.8) is 0 Å². The first-order valence-corrected chi connectivity index (χ1v) is 13.7. The Balaban J connectivity index is 1.12. The van der Waals surface area contributed by atoms with E-state index in [2.05, 4.69) is 15.2 Å². The first kappa shape index (κ1) is 25.7. The fourth-order valence-corrected chi connectivity index (χ4v) is 4.91. The van der Waals surface area contributed by atoms with Gasteiger partial charge in [-0.05, 0) is 92.2 Å². The zero-order chi connectivity index (χ0) is 27.1. The second kappa shape index (κ2) is 12.1. The molecule has 0 saturated carbocycles. The van der Waals surface area contributed by atoms with E-state index in [0.717, 1.165) is 51.9 Å². The van der Waals surface area contributed by atoms with Gasteiger partial charge in [0.25, 0.3) is 0 Å². The van der Waals surface area contributed by atoms with Crippen LogP contribution in [0.1, 0.15) is 18.4 Å². The quantitative estimate of drug-likeness (QED) is 0.216. The molecule has 0 spiro atoms. The summed E-state index contributed by atoms with van der Waals surface area (Å²) in [6.45, 7) is 4.50. The molecule has 0 radical (unpaired) electrons. The third-order valence-electron chi connectivity index (χ3n) is 7.01. The Morgan fingerprint density at radius 3 is 2.45 bits per heavy atom. The van der Waals surface area contributed by atoms with Gasteiger partial charge >= 0.3 is 0 Å². The van der Waals surface area contributed by atoms with Crippen LogP contribution < -0.4 is 19.5 Å². The molecule has 2 aromatic heterocycles. The number of pyridine rings is 1. The highest BCUT2D eigenvalue weighted by Crippen LogP contribution is 2.26. The van der Waals surface area contributed by atoms with Gasteiger partial charge in [0.15, 0.2) is 5.65 Å². The topological polar surface area (TPSA) is 73.2 Å². The molecule has 8 heteroatoms. The maximum atomic E-state index is 6.08. The fraction of sp³-hybridized carbons (Fsp3) is 0.250. The molecule has 0 bridgehead atoms. The Kier molecular flexibility index (Phi) is 7.77. The van der Waals surface area contributed by atoms with Crippen LogP contribution >= 0.6 is 0 Å². The number of nitrogens with zero attached hydrogens (tertiary/aromatic N) is 4. The van der Waals surface area contributed by atoms with Gasteiger partial charge in [-0.15, -0.1) is 5.10 Å². The minimum absolute atomic E-state index is 0.449. The van der Waals surface area contributed by atoms with Gasteiger partial charge in [-0.25, -0.2) is 4.52 Å². The lowest BCUT2D eigenvalue weighted by molar-refractivity contribution is 0.238. The third kappa shape index (κ3) is 6.18. The van der Waals surface area contributed by atoms with Crippen molar-refractivity contribution in [2.45, 2.75) is 19.4 Å². The second-order valence-corrected chi connectivity index (χ2v) is 9.83. The van der Waals surface area contributed by atoms with Crippen LogP contribution in [0, 0.1) is 0 Å². The lowest BCUT2D eigenvalue weighted by Crippen LogP contribution is -2.25. The lowest BCUT2D eigenvalue weighted by Gasteiger charge is -2.15. The van der Waals surface area contributed by atoms with Gasteiger partial charge in [0, 0.05) is 17.8 Å². The monoisotopic (exact) mass is 535 g/mol. The minimum atomic E-state index is 0.449. The number of anilines is 2. The molecule has 0 amide bonds. The average Bonchev–Trinajstić information content (AvgIpc) is 3.67. The van der Waals surface area contributed by atoms with E-state index in [1.54, 1.807) is 7.11 Å². The molecular formula is C32H33N5O3. The maximum Gasteiger partial charge on any atom is 0.247 e. The van der Waals surface area contributed by atoms with E-state index in [0.29, 0.717) is 19.2 Å². The number of nitrogens with one attached hydrogen (secondary N) is 1. The van der Waals surface area contributed by atoms with Crippen LogP contribution in [0.5, 0.6) is 17.2 Å². The molecule has 1 fully saturated rings. The van der Waals surface area contributed by atoms with E-state index in [4.69, 9.17) is 19.3 Å². The Morgan fingerprint density at radius 2 is 1.60 bits per heavy atom. The van der Waals surface area contributed by atoms with Gasteiger partial charge in [-0.1, -0.05) is 30.3 Å². The highest BCUT2D eigenvalue weighted by molar-refractivity contribution is 5.66. The number of hydrogen-bond donors (Lipinski definition) is 1. The van der Waals surface area contributed by atoms with Gasteiger partial charge in [-0.3, -0.25) is 4.90 Å². The number of aromatic nitrogens is 3. The molecule has 1 aliphatic heterocycles. The fourth-order valence-electron chi connectivity index (χ4n) is 4.91. The van der Waals surface area contributed by atoms with E-state index in [9.17, 15) is 0 Å². The Labute approximate surface area is 234 Å². The number of methoxy groups -OCH3 is 1.